The molecule has 2 aromatic heterocycles. The number of aryl methyl sites for hydroxylation is 1. The van der Waals surface area contributed by atoms with E-state index in [-0.39, 0.29) is 0 Å². The molecule has 1 fully saturated rings. The lowest BCUT2D eigenvalue weighted by molar-refractivity contribution is 0.316. The Morgan fingerprint density at radius 3 is 3.05 bits per heavy atom. The Hall–Kier alpha value is -1.22. The number of likely N-dealkylation sites (tertiary alicyclic amines) is 1. The summed E-state index contributed by atoms with van der Waals surface area (Å²) in [7, 11) is -1.43. The summed E-state index contributed by atoms with van der Waals surface area (Å²) in [5.74, 6) is 0.367. The predicted molar refractivity (Wildman–Crippen MR) is 86.1 cm³/mol. The molecule has 0 spiro atoms. The van der Waals surface area contributed by atoms with E-state index in [0.29, 0.717) is 16.7 Å². The van der Waals surface area contributed by atoms with Crippen molar-refractivity contribution in [1.82, 2.24) is 19.4 Å². The van der Waals surface area contributed by atoms with Crippen molar-refractivity contribution in [3.05, 3.63) is 35.5 Å². The molecule has 0 aromatic carbocycles. The van der Waals surface area contributed by atoms with Crippen molar-refractivity contribution in [3.63, 3.8) is 0 Å². The van der Waals surface area contributed by atoms with E-state index in [9.17, 15) is 8.42 Å². The molecule has 1 atom stereocenters. The van der Waals surface area contributed by atoms with Gasteiger partial charge in [0.1, 0.15) is 4.21 Å². The maximum atomic E-state index is 12.1. The summed E-state index contributed by atoms with van der Waals surface area (Å²) < 4.78 is 29.1. The molecule has 0 aliphatic carbocycles. The minimum atomic E-state index is -3.34. The van der Waals surface area contributed by atoms with Crippen molar-refractivity contribution in [2.75, 3.05) is 19.6 Å². The van der Waals surface area contributed by atoms with Crippen molar-refractivity contribution in [2.45, 2.75) is 17.2 Å². The predicted octanol–water partition coefficient (Wildman–Crippen LogP) is 1.28. The van der Waals surface area contributed by atoms with Crippen LogP contribution in [0.3, 0.4) is 0 Å². The highest BCUT2D eigenvalue weighted by Gasteiger charge is 2.25. The van der Waals surface area contributed by atoms with Crippen molar-refractivity contribution < 1.29 is 8.42 Å². The first kappa shape index (κ1) is 15.7. The van der Waals surface area contributed by atoms with Crippen molar-refractivity contribution in [2.24, 2.45) is 13.0 Å². The van der Waals surface area contributed by atoms with E-state index in [0.717, 1.165) is 26.1 Å². The van der Waals surface area contributed by atoms with Gasteiger partial charge >= 0.3 is 0 Å². The monoisotopic (exact) mass is 340 g/mol. The van der Waals surface area contributed by atoms with Gasteiger partial charge in [-0.3, -0.25) is 9.58 Å². The smallest absolute Gasteiger partial charge is 0.250 e. The van der Waals surface area contributed by atoms with Gasteiger partial charge < -0.3 is 0 Å². The zero-order valence-electron chi connectivity index (χ0n) is 12.5. The fraction of sp³-hybridized carbons (Fsp3) is 0.500. The zero-order valence-corrected chi connectivity index (χ0v) is 14.1. The van der Waals surface area contributed by atoms with Crippen LogP contribution in [0.1, 0.15) is 12.0 Å². The molecule has 8 heteroatoms. The molecule has 0 radical (unpaired) electrons. The highest BCUT2D eigenvalue weighted by molar-refractivity contribution is 7.91. The van der Waals surface area contributed by atoms with Crippen LogP contribution in [0.15, 0.2) is 34.1 Å². The maximum Gasteiger partial charge on any atom is 0.250 e. The Kier molecular flexibility index (Phi) is 4.62. The van der Waals surface area contributed by atoms with E-state index < -0.39 is 10.0 Å². The van der Waals surface area contributed by atoms with Crippen LogP contribution < -0.4 is 4.72 Å². The van der Waals surface area contributed by atoms with E-state index in [1.807, 2.05) is 19.4 Å². The zero-order chi connectivity index (χ0) is 15.6. The molecule has 0 bridgehead atoms. The van der Waals surface area contributed by atoms with Gasteiger partial charge in [-0.1, -0.05) is 6.07 Å². The lowest BCUT2D eigenvalue weighted by atomic mass is 10.1. The van der Waals surface area contributed by atoms with Crippen LogP contribution in [-0.2, 0) is 23.6 Å². The molecule has 22 heavy (non-hydrogen) atoms. The van der Waals surface area contributed by atoms with Crippen LogP contribution in [-0.4, -0.2) is 42.7 Å². The number of hydrogen-bond acceptors (Lipinski definition) is 5. The standard InChI is InChI=1S/C14H20N4O2S2/c1-17-9-13(7-15-17)11-18-5-4-12(10-18)8-16-22(19,20)14-3-2-6-21-14/h2-3,6-7,9,12,16H,4-5,8,10-11H2,1H3. The maximum absolute atomic E-state index is 12.1. The number of aromatic nitrogens is 2. The number of sulfonamides is 1. The van der Waals surface area contributed by atoms with Crippen LogP contribution >= 0.6 is 11.3 Å². The molecule has 3 heterocycles. The van der Waals surface area contributed by atoms with Gasteiger partial charge in [-0.15, -0.1) is 11.3 Å². The fourth-order valence-electron chi connectivity index (χ4n) is 2.75. The second-order valence-corrected chi connectivity index (χ2v) is 8.64. The Morgan fingerprint density at radius 2 is 2.36 bits per heavy atom. The number of rotatable bonds is 6. The van der Waals surface area contributed by atoms with E-state index in [2.05, 4.69) is 14.7 Å². The summed E-state index contributed by atoms with van der Waals surface area (Å²) in [5.41, 5.74) is 1.20. The summed E-state index contributed by atoms with van der Waals surface area (Å²) in [6.45, 7) is 3.30. The summed E-state index contributed by atoms with van der Waals surface area (Å²) in [4.78, 5) is 2.35. The Labute approximate surface area is 134 Å². The second-order valence-electron chi connectivity index (χ2n) is 5.70. The van der Waals surface area contributed by atoms with Gasteiger partial charge in [0.25, 0.3) is 0 Å². The van der Waals surface area contributed by atoms with Crippen LogP contribution in [0.2, 0.25) is 0 Å². The first-order valence-corrected chi connectivity index (χ1v) is 9.62. The first-order chi connectivity index (χ1) is 10.5. The van der Waals surface area contributed by atoms with Crippen LogP contribution in [0.5, 0.6) is 0 Å². The lowest BCUT2D eigenvalue weighted by Crippen LogP contribution is -2.30. The second kappa shape index (κ2) is 6.49. The van der Waals surface area contributed by atoms with E-state index >= 15 is 0 Å². The molecule has 1 N–H and O–H groups in total. The average molecular weight is 340 g/mol. The molecule has 2 aromatic rings. The number of hydrogen-bond donors (Lipinski definition) is 1. The van der Waals surface area contributed by atoms with Crippen molar-refractivity contribution >= 4 is 21.4 Å². The molecular formula is C14H20N4O2S2. The average Bonchev–Trinajstić information content (AvgIpc) is 3.19. The molecule has 1 saturated heterocycles. The molecule has 1 aliphatic heterocycles. The lowest BCUT2D eigenvalue weighted by Gasteiger charge is -2.15. The van der Waals surface area contributed by atoms with Crippen LogP contribution in [0.25, 0.3) is 0 Å². The van der Waals surface area contributed by atoms with Gasteiger partial charge in [0.05, 0.1) is 6.20 Å². The SMILES string of the molecule is Cn1cc(CN2CCC(CNS(=O)(=O)c3cccs3)C2)cn1. The fourth-order valence-corrected chi connectivity index (χ4v) is 4.90. The number of thiophene rings is 1. The van der Waals surface area contributed by atoms with E-state index in [1.165, 1.54) is 16.9 Å². The van der Waals surface area contributed by atoms with Gasteiger partial charge in [-0.05, 0) is 30.3 Å². The van der Waals surface area contributed by atoms with Gasteiger partial charge in [0.15, 0.2) is 0 Å². The molecule has 1 aliphatic rings. The minimum Gasteiger partial charge on any atom is -0.299 e. The largest absolute Gasteiger partial charge is 0.299 e. The third-order valence-corrected chi connectivity index (χ3v) is 6.68. The molecule has 3 rings (SSSR count). The molecular weight excluding hydrogens is 320 g/mol. The topological polar surface area (TPSA) is 67.2 Å². The quantitative estimate of drug-likeness (QED) is 0.860. The number of nitrogens with one attached hydrogen (secondary N) is 1. The number of nitrogens with zero attached hydrogens (tertiary/aromatic N) is 3. The van der Waals surface area contributed by atoms with E-state index in [4.69, 9.17) is 0 Å². The van der Waals surface area contributed by atoms with Crippen molar-refractivity contribution in [3.8, 4) is 0 Å². The highest BCUT2D eigenvalue weighted by Crippen LogP contribution is 2.20. The Bertz CT molecular complexity index is 709. The summed E-state index contributed by atoms with van der Waals surface area (Å²) in [5, 5.41) is 5.95. The van der Waals surface area contributed by atoms with Gasteiger partial charge in [-0.25, -0.2) is 13.1 Å². The molecule has 1 unspecified atom stereocenters. The molecule has 0 saturated carbocycles. The van der Waals surface area contributed by atoms with Crippen LogP contribution in [0, 0.1) is 5.92 Å². The third kappa shape index (κ3) is 3.75. The molecule has 120 valence electrons. The summed E-state index contributed by atoms with van der Waals surface area (Å²) >= 11 is 1.25. The molecule has 6 nitrogen and oxygen atoms in total. The minimum absolute atomic E-state index is 0.367. The normalized spacial score (nSPS) is 19.8. The summed E-state index contributed by atoms with van der Waals surface area (Å²) in [6.07, 6.45) is 4.92. The summed E-state index contributed by atoms with van der Waals surface area (Å²) in [6, 6.07) is 3.39. The Balaban J connectivity index is 1.49. The Morgan fingerprint density at radius 1 is 1.50 bits per heavy atom. The highest BCUT2D eigenvalue weighted by atomic mass is 32.2. The third-order valence-electron chi connectivity index (χ3n) is 3.86. The van der Waals surface area contributed by atoms with Gasteiger partial charge in [0, 0.05) is 38.4 Å². The van der Waals surface area contributed by atoms with Crippen molar-refractivity contribution in [1.29, 1.82) is 0 Å². The molecule has 0 amide bonds. The van der Waals surface area contributed by atoms with E-state index in [1.54, 1.807) is 22.2 Å². The van der Waals surface area contributed by atoms with Gasteiger partial charge in [-0.2, -0.15) is 5.10 Å². The van der Waals surface area contributed by atoms with Crippen LogP contribution in [0.4, 0.5) is 0 Å². The first-order valence-electron chi connectivity index (χ1n) is 7.26. The van der Waals surface area contributed by atoms with Gasteiger partial charge in [0.2, 0.25) is 10.0 Å².